The highest BCUT2D eigenvalue weighted by molar-refractivity contribution is 6.12. The molecule has 0 spiro atoms. The van der Waals surface area contributed by atoms with Crippen molar-refractivity contribution in [2.45, 2.75) is 19.3 Å². The van der Waals surface area contributed by atoms with Crippen LogP contribution in [-0.2, 0) is 5.41 Å². The summed E-state index contributed by atoms with van der Waals surface area (Å²) in [6, 6.07) is 68.5. The topological polar surface area (TPSA) is 19.0 Å². The zero-order valence-electron chi connectivity index (χ0n) is 29.8. The van der Waals surface area contributed by atoms with Crippen LogP contribution in [0.3, 0.4) is 0 Å². The third kappa shape index (κ3) is 5.18. The number of nitrogens with one attached hydrogen (secondary N) is 1. The predicted octanol–water partition coefficient (Wildman–Crippen LogP) is 14.1. The molecule has 8 aromatic carbocycles. The predicted molar refractivity (Wildman–Crippen MR) is 224 cm³/mol. The number of anilines is 3. The van der Waals surface area contributed by atoms with E-state index in [1.165, 1.54) is 77.4 Å². The lowest BCUT2D eigenvalue weighted by molar-refractivity contribution is 0.660. The van der Waals surface area contributed by atoms with Crippen LogP contribution in [0.2, 0.25) is 0 Å². The molecule has 10 rings (SSSR count). The summed E-state index contributed by atoms with van der Waals surface area (Å²) >= 11 is 0. The van der Waals surface area contributed by atoms with Crippen molar-refractivity contribution in [2.24, 2.45) is 0 Å². The first-order valence-corrected chi connectivity index (χ1v) is 18.4. The molecule has 0 amide bonds. The summed E-state index contributed by atoms with van der Waals surface area (Å²) in [5, 5.41) is 2.53. The standard InChI is InChI=1S/C51H38N2/c1-51(2)47-31-29-41(33-46(47)43-30-24-38(32-48(43)51)42-17-11-18-45-44-16-9-10-19-49(44)52-50(42)45)53(39-25-20-36(21-26-39)34-12-5-3-6-13-34)40-27-22-37(23-28-40)35-14-7-4-8-15-35/h3-33,52H,1-2H3. The fourth-order valence-corrected chi connectivity index (χ4v) is 8.48. The molecule has 0 unspecified atom stereocenters. The van der Waals surface area contributed by atoms with E-state index in [0.29, 0.717) is 0 Å². The van der Waals surface area contributed by atoms with E-state index in [1.54, 1.807) is 0 Å². The van der Waals surface area contributed by atoms with E-state index >= 15 is 0 Å². The molecule has 0 fully saturated rings. The Balaban J connectivity index is 1.08. The van der Waals surface area contributed by atoms with E-state index in [2.05, 4.69) is 212 Å². The van der Waals surface area contributed by atoms with Gasteiger partial charge in [0.05, 0.1) is 5.52 Å². The minimum Gasteiger partial charge on any atom is -0.354 e. The van der Waals surface area contributed by atoms with Gasteiger partial charge in [0.25, 0.3) is 0 Å². The number of aromatic nitrogens is 1. The molecule has 1 N–H and O–H groups in total. The van der Waals surface area contributed by atoms with Gasteiger partial charge in [-0.3, -0.25) is 0 Å². The Morgan fingerprint density at radius 2 is 0.925 bits per heavy atom. The zero-order chi connectivity index (χ0) is 35.5. The molecule has 0 bridgehead atoms. The number of hydrogen-bond donors (Lipinski definition) is 1. The summed E-state index contributed by atoms with van der Waals surface area (Å²) < 4.78 is 0. The maximum Gasteiger partial charge on any atom is 0.0544 e. The molecule has 1 aliphatic rings. The van der Waals surface area contributed by atoms with Crippen LogP contribution in [0, 0.1) is 0 Å². The molecule has 0 radical (unpaired) electrons. The van der Waals surface area contributed by atoms with Gasteiger partial charge in [-0.2, -0.15) is 0 Å². The first-order chi connectivity index (χ1) is 26.0. The Morgan fingerprint density at radius 1 is 0.377 bits per heavy atom. The number of fused-ring (bicyclic) bond motifs is 6. The normalized spacial score (nSPS) is 12.9. The first kappa shape index (κ1) is 31.1. The fourth-order valence-electron chi connectivity index (χ4n) is 8.48. The van der Waals surface area contributed by atoms with Gasteiger partial charge in [-0.05, 0) is 98.6 Å². The fraction of sp³-hybridized carbons (Fsp3) is 0.0588. The van der Waals surface area contributed by atoms with Gasteiger partial charge in [0, 0.05) is 44.3 Å². The van der Waals surface area contributed by atoms with Gasteiger partial charge in [-0.15, -0.1) is 0 Å². The summed E-state index contributed by atoms with van der Waals surface area (Å²) in [6.45, 7) is 4.74. The van der Waals surface area contributed by atoms with Crippen LogP contribution in [0.1, 0.15) is 25.0 Å². The Morgan fingerprint density at radius 3 is 1.58 bits per heavy atom. The minimum absolute atomic E-state index is 0.146. The Hall–Kier alpha value is -6.64. The average Bonchev–Trinajstić information content (AvgIpc) is 3.71. The van der Waals surface area contributed by atoms with Crippen molar-refractivity contribution in [1.82, 2.24) is 4.98 Å². The van der Waals surface area contributed by atoms with Crippen molar-refractivity contribution in [2.75, 3.05) is 4.90 Å². The molecule has 0 aliphatic heterocycles. The van der Waals surface area contributed by atoms with E-state index < -0.39 is 0 Å². The molecule has 1 aromatic heterocycles. The van der Waals surface area contributed by atoms with Crippen LogP contribution < -0.4 is 4.90 Å². The second-order valence-corrected chi connectivity index (χ2v) is 14.7. The molecular formula is C51H38N2. The highest BCUT2D eigenvalue weighted by Crippen LogP contribution is 2.52. The maximum atomic E-state index is 3.72. The second kappa shape index (κ2) is 12.3. The van der Waals surface area contributed by atoms with E-state index in [4.69, 9.17) is 0 Å². The van der Waals surface area contributed by atoms with Gasteiger partial charge >= 0.3 is 0 Å². The minimum atomic E-state index is -0.146. The molecular weight excluding hydrogens is 641 g/mol. The van der Waals surface area contributed by atoms with Crippen molar-refractivity contribution in [3.05, 3.63) is 199 Å². The number of benzene rings is 8. The van der Waals surface area contributed by atoms with Crippen molar-refractivity contribution >= 4 is 38.9 Å². The van der Waals surface area contributed by atoms with Gasteiger partial charge in [0.1, 0.15) is 0 Å². The number of nitrogens with zero attached hydrogens (tertiary/aromatic N) is 1. The third-order valence-corrected chi connectivity index (χ3v) is 11.2. The number of rotatable bonds is 6. The number of hydrogen-bond acceptors (Lipinski definition) is 1. The van der Waals surface area contributed by atoms with Gasteiger partial charge in [-0.25, -0.2) is 0 Å². The molecule has 9 aromatic rings. The Kier molecular flexibility index (Phi) is 7.19. The lowest BCUT2D eigenvalue weighted by atomic mass is 9.81. The van der Waals surface area contributed by atoms with Crippen molar-refractivity contribution in [3.63, 3.8) is 0 Å². The molecule has 1 heterocycles. The van der Waals surface area contributed by atoms with Crippen molar-refractivity contribution in [3.8, 4) is 44.5 Å². The van der Waals surface area contributed by atoms with Crippen LogP contribution in [0.4, 0.5) is 17.1 Å². The Labute approximate surface area is 310 Å². The van der Waals surface area contributed by atoms with Gasteiger partial charge < -0.3 is 9.88 Å². The summed E-state index contributed by atoms with van der Waals surface area (Å²) in [4.78, 5) is 6.11. The molecule has 53 heavy (non-hydrogen) atoms. The van der Waals surface area contributed by atoms with Gasteiger partial charge in [0.2, 0.25) is 0 Å². The van der Waals surface area contributed by atoms with E-state index in [1.807, 2.05) is 0 Å². The first-order valence-electron chi connectivity index (χ1n) is 18.4. The Bertz CT molecular complexity index is 2690. The quantitative estimate of drug-likeness (QED) is 0.185. The molecule has 1 aliphatic carbocycles. The lowest BCUT2D eigenvalue weighted by Crippen LogP contribution is -2.15. The molecule has 0 saturated heterocycles. The van der Waals surface area contributed by atoms with Crippen LogP contribution in [-0.4, -0.2) is 4.98 Å². The number of aromatic amines is 1. The highest BCUT2D eigenvalue weighted by Gasteiger charge is 2.36. The molecule has 252 valence electrons. The summed E-state index contributed by atoms with van der Waals surface area (Å²) in [5.74, 6) is 0. The van der Waals surface area contributed by atoms with E-state index in [-0.39, 0.29) is 5.41 Å². The number of para-hydroxylation sites is 2. The highest BCUT2D eigenvalue weighted by atomic mass is 15.1. The van der Waals surface area contributed by atoms with Crippen LogP contribution in [0.15, 0.2) is 188 Å². The molecule has 2 nitrogen and oxygen atoms in total. The summed E-state index contributed by atoms with van der Waals surface area (Å²) in [7, 11) is 0. The molecule has 2 heteroatoms. The van der Waals surface area contributed by atoms with Gasteiger partial charge in [-0.1, -0.05) is 153 Å². The maximum absolute atomic E-state index is 3.72. The smallest absolute Gasteiger partial charge is 0.0544 e. The van der Waals surface area contributed by atoms with Crippen LogP contribution >= 0.6 is 0 Å². The third-order valence-electron chi connectivity index (χ3n) is 11.2. The molecule has 0 atom stereocenters. The van der Waals surface area contributed by atoms with E-state index in [0.717, 1.165) is 17.1 Å². The monoisotopic (exact) mass is 678 g/mol. The number of H-pyrrole nitrogens is 1. The van der Waals surface area contributed by atoms with Crippen LogP contribution in [0.5, 0.6) is 0 Å². The van der Waals surface area contributed by atoms with Crippen LogP contribution in [0.25, 0.3) is 66.3 Å². The largest absolute Gasteiger partial charge is 0.354 e. The zero-order valence-corrected chi connectivity index (χ0v) is 29.8. The second-order valence-electron chi connectivity index (χ2n) is 14.7. The summed E-state index contributed by atoms with van der Waals surface area (Å²) in [6.07, 6.45) is 0. The van der Waals surface area contributed by atoms with Crippen molar-refractivity contribution < 1.29 is 0 Å². The van der Waals surface area contributed by atoms with E-state index in [9.17, 15) is 0 Å². The summed E-state index contributed by atoms with van der Waals surface area (Å²) in [5.41, 5.74) is 18.2. The average molecular weight is 679 g/mol. The SMILES string of the molecule is CC1(C)c2ccc(N(c3ccc(-c4ccccc4)cc3)c3ccc(-c4ccccc4)cc3)cc2-c2ccc(-c3cccc4c3[nH]c3ccccc34)cc21. The van der Waals surface area contributed by atoms with Crippen molar-refractivity contribution in [1.29, 1.82) is 0 Å². The lowest BCUT2D eigenvalue weighted by Gasteiger charge is -2.27. The molecule has 0 saturated carbocycles. The van der Waals surface area contributed by atoms with Gasteiger partial charge in [0.15, 0.2) is 0 Å².